The van der Waals surface area contributed by atoms with Gasteiger partial charge in [-0.05, 0) is 31.2 Å². The molecule has 2 aliphatic rings. The molecule has 2 aromatic heterocycles. The minimum absolute atomic E-state index is 0.0134. The second-order valence-electron chi connectivity index (χ2n) is 6.52. The van der Waals surface area contributed by atoms with E-state index in [2.05, 4.69) is 15.1 Å². The van der Waals surface area contributed by atoms with Crippen LogP contribution in [0.3, 0.4) is 0 Å². The summed E-state index contributed by atoms with van der Waals surface area (Å²) >= 11 is 0. The average Bonchev–Trinajstić information content (AvgIpc) is 3.19. The molecule has 126 valence electrons. The standard InChI is InChI=1S/C17H20N4O3/c1-23-15-5-4-13(9-18-15)17(22)21-7-6-11(10-21)8-14-19-16(24-20-14)12-2-3-12/h4-5,9,11-12H,2-3,6-8,10H2,1H3. The third kappa shape index (κ3) is 3.11. The highest BCUT2D eigenvalue weighted by Crippen LogP contribution is 2.39. The molecule has 7 nitrogen and oxygen atoms in total. The monoisotopic (exact) mass is 328 g/mol. The smallest absolute Gasteiger partial charge is 0.255 e. The van der Waals surface area contributed by atoms with Gasteiger partial charge in [-0.15, -0.1) is 0 Å². The second kappa shape index (κ2) is 6.22. The van der Waals surface area contributed by atoms with Gasteiger partial charge < -0.3 is 14.2 Å². The predicted octanol–water partition coefficient (Wildman–Crippen LogP) is 2.06. The number of likely N-dealkylation sites (tertiary alicyclic amines) is 1. The molecule has 1 unspecified atom stereocenters. The molecule has 7 heteroatoms. The molecule has 2 aromatic rings. The first kappa shape index (κ1) is 15.1. The summed E-state index contributed by atoms with van der Waals surface area (Å²) in [6, 6.07) is 3.46. The summed E-state index contributed by atoms with van der Waals surface area (Å²) in [5.41, 5.74) is 0.590. The fourth-order valence-electron chi connectivity index (χ4n) is 3.10. The number of hydrogen-bond donors (Lipinski definition) is 0. The summed E-state index contributed by atoms with van der Waals surface area (Å²) in [6.45, 7) is 1.47. The van der Waals surface area contributed by atoms with Crippen LogP contribution < -0.4 is 4.74 Å². The maximum absolute atomic E-state index is 12.5. The summed E-state index contributed by atoms with van der Waals surface area (Å²) in [5, 5.41) is 4.07. The SMILES string of the molecule is COc1ccc(C(=O)N2CCC(Cc3noc(C4CC4)n3)C2)cn1. The number of nitrogens with zero attached hydrogens (tertiary/aromatic N) is 4. The summed E-state index contributed by atoms with van der Waals surface area (Å²) < 4.78 is 10.3. The van der Waals surface area contributed by atoms with Crippen molar-refractivity contribution in [3.05, 3.63) is 35.6 Å². The van der Waals surface area contributed by atoms with Crippen molar-refractivity contribution in [2.75, 3.05) is 20.2 Å². The third-order valence-electron chi connectivity index (χ3n) is 4.65. The van der Waals surface area contributed by atoms with Crippen LogP contribution in [0.25, 0.3) is 0 Å². The quantitative estimate of drug-likeness (QED) is 0.835. The molecule has 1 aliphatic heterocycles. The number of rotatable bonds is 5. The van der Waals surface area contributed by atoms with Gasteiger partial charge in [-0.25, -0.2) is 4.98 Å². The first-order valence-corrected chi connectivity index (χ1v) is 8.34. The summed E-state index contributed by atoms with van der Waals surface area (Å²) in [7, 11) is 1.56. The molecule has 0 bridgehead atoms. The zero-order valence-corrected chi connectivity index (χ0v) is 13.6. The Bertz CT molecular complexity index is 724. The van der Waals surface area contributed by atoms with Crippen LogP contribution in [0.15, 0.2) is 22.9 Å². The van der Waals surface area contributed by atoms with E-state index in [1.807, 2.05) is 4.90 Å². The van der Waals surface area contributed by atoms with Gasteiger partial charge in [-0.1, -0.05) is 5.16 Å². The van der Waals surface area contributed by atoms with Crippen molar-refractivity contribution in [3.8, 4) is 5.88 Å². The molecular formula is C17H20N4O3. The lowest BCUT2D eigenvalue weighted by molar-refractivity contribution is 0.0786. The molecular weight excluding hydrogens is 308 g/mol. The highest BCUT2D eigenvalue weighted by Gasteiger charge is 2.31. The second-order valence-corrected chi connectivity index (χ2v) is 6.52. The normalized spacial score (nSPS) is 20.4. The number of hydrogen-bond acceptors (Lipinski definition) is 6. The third-order valence-corrected chi connectivity index (χ3v) is 4.65. The van der Waals surface area contributed by atoms with E-state index in [0.717, 1.165) is 50.5 Å². The van der Waals surface area contributed by atoms with E-state index >= 15 is 0 Å². The maximum Gasteiger partial charge on any atom is 0.255 e. The Balaban J connectivity index is 1.35. The molecule has 1 saturated heterocycles. The van der Waals surface area contributed by atoms with Gasteiger partial charge in [-0.3, -0.25) is 4.79 Å². The Hall–Kier alpha value is -2.44. The molecule has 0 aromatic carbocycles. The lowest BCUT2D eigenvalue weighted by atomic mass is 10.1. The zero-order valence-electron chi connectivity index (χ0n) is 13.6. The molecule has 4 rings (SSSR count). The van der Waals surface area contributed by atoms with Crippen molar-refractivity contribution in [1.82, 2.24) is 20.0 Å². The highest BCUT2D eigenvalue weighted by molar-refractivity contribution is 5.94. The Morgan fingerprint density at radius 1 is 1.38 bits per heavy atom. The van der Waals surface area contributed by atoms with Crippen molar-refractivity contribution in [3.63, 3.8) is 0 Å². The van der Waals surface area contributed by atoms with E-state index in [-0.39, 0.29) is 5.91 Å². The van der Waals surface area contributed by atoms with Crippen molar-refractivity contribution in [2.45, 2.75) is 31.6 Å². The molecule has 0 N–H and O–H groups in total. The average molecular weight is 328 g/mol. The van der Waals surface area contributed by atoms with E-state index in [1.165, 1.54) is 0 Å². The Morgan fingerprint density at radius 3 is 2.96 bits per heavy atom. The molecule has 1 saturated carbocycles. The summed E-state index contributed by atoms with van der Waals surface area (Å²) in [4.78, 5) is 23.0. The van der Waals surface area contributed by atoms with Crippen LogP contribution in [-0.4, -0.2) is 46.1 Å². The maximum atomic E-state index is 12.5. The topological polar surface area (TPSA) is 81.4 Å². The number of ether oxygens (including phenoxy) is 1. The van der Waals surface area contributed by atoms with Gasteiger partial charge in [0, 0.05) is 37.7 Å². The van der Waals surface area contributed by atoms with Crippen LogP contribution in [0.4, 0.5) is 0 Å². The van der Waals surface area contributed by atoms with Crippen molar-refractivity contribution >= 4 is 5.91 Å². The van der Waals surface area contributed by atoms with E-state index in [0.29, 0.717) is 23.3 Å². The molecule has 3 heterocycles. The van der Waals surface area contributed by atoms with Gasteiger partial charge in [0.2, 0.25) is 11.8 Å². The van der Waals surface area contributed by atoms with Gasteiger partial charge in [0.1, 0.15) is 0 Å². The van der Waals surface area contributed by atoms with Crippen LogP contribution in [0, 0.1) is 5.92 Å². The summed E-state index contributed by atoms with van der Waals surface area (Å²) in [5.74, 6) is 2.93. The fraction of sp³-hybridized carbons (Fsp3) is 0.529. The van der Waals surface area contributed by atoms with Crippen molar-refractivity contribution in [2.24, 2.45) is 5.92 Å². The van der Waals surface area contributed by atoms with Crippen LogP contribution in [0.2, 0.25) is 0 Å². The summed E-state index contributed by atoms with van der Waals surface area (Å²) in [6.07, 6.45) is 5.60. The van der Waals surface area contributed by atoms with E-state index in [1.54, 1.807) is 25.4 Å². The highest BCUT2D eigenvalue weighted by atomic mass is 16.5. The molecule has 0 radical (unpaired) electrons. The van der Waals surface area contributed by atoms with Gasteiger partial charge in [0.25, 0.3) is 5.91 Å². The van der Waals surface area contributed by atoms with Gasteiger partial charge >= 0.3 is 0 Å². The lowest BCUT2D eigenvalue weighted by Gasteiger charge is -2.16. The Kier molecular flexibility index (Phi) is 3.92. The Labute approximate surface area is 140 Å². The van der Waals surface area contributed by atoms with Gasteiger partial charge in [-0.2, -0.15) is 4.98 Å². The van der Waals surface area contributed by atoms with E-state index in [9.17, 15) is 4.79 Å². The molecule has 1 atom stereocenters. The molecule has 1 amide bonds. The van der Waals surface area contributed by atoms with Crippen LogP contribution in [0.1, 0.15) is 47.3 Å². The number of methoxy groups -OCH3 is 1. The minimum Gasteiger partial charge on any atom is -0.481 e. The molecule has 1 aliphatic carbocycles. The molecule has 0 spiro atoms. The number of pyridine rings is 1. The van der Waals surface area contributed by atoms with Crippen LogP contribution in [0.5, 0.6) is 5.88 Å². The van der Waals surface area contributed by atoms with Crippen LogP contribution in [-0.2, 0) is 6.42 Å². The number of aromatic nitrogens is 3. The Morgan fingerprint density at radius 2 is 2.25 bits per heavy atom. The predicted molar refractivity (Wildman–Crippen MR) is 84.8 cm³/mol. The molecule has 2 fully saturated rings. The van der Waals surface area contributed by atoms with E-state index in [4.69, 9.17) is 9.26 Å². The first-order chi connectivity index (χ1) is 11.7. The van der Waals surface area contributed by atoms with Crippen LogP contribution >= 0.6 is 0 Å². The molecule has 24 heavy (non-hydrogen) atoms. The van der Waals surface area contributed by atoms with Crippen molar-refractivity contribution in [1.29, 1.82) is 0 Å². The lowest BCUT2D eigenvalue weighted by Crippen LogP contribution is -2.29. The minimum atomic E-state index is 0.0134. The van der Waals surface area contributed by atoms with Gasteiger partial charge in [0.05, 0.1) is 12.7 Å². The number of amides is 1. The van der Waals surface area contributed by atoms with E-state index < -0.39 is 0 Å². The van der Waals surface area contributed by atoms with Gasteiger partial charge in [0.15, 0.2) is 5.82 Å². The zero-order chi connectivity index (χ0) is 16.5. The fourth-order valence-corrected chi connectivity index (χ4v) is 3.10. The number of carbonyl (C=O) groups is 1. The van der Waals surface area contributed by atoms with Crippen molar-refractivity contribution < 1.29 is 14.1 Å². The number of carbonyl (C=O) groups excluding carboxylic acids is 1. The largest absolute Gasteiger partial charge is 0.481 e. The first-order valence-electron chi connectivity index (χ1n) is 8.34.